The van der Waals surface area contributed by atoms with Gasteiger partial charge in [-0.3, -0.25) is 10.1 Å². The van der Waals surface area contributed by atoms with Crippen LogP contribution >= 0.6 is 0 Å². The standard InChI is InChI=1S/C14H27NO2/c1-5-12(10(2)3)15-14(13(16)17)8-6-11(4)7-9-14/h10-12,15H,5-9H2,1-4H3,(H,16,17). The molecule has 1 unspecified atom stereocenters. The van der Waals surface area contributed by atoms with Crippen molar-refractivity contribution in [2.45, 2.75) is 71.4 Å². The summed E-state index contributed by atoms with van der Waals surface area (Å²) in [6.07, 6.45) is 4.57. The molecule has 100 valence electrons. The van der Waals surface area contributed by atoms with Gasteiger partial charge in [-0.05, 0) is 43.9 Å². The van der Waals surface area contributed by atoms with Crippen LogP contribution in [0.2, 0.25) is 0 Å². The maximum absolute atomic E-state index is 11.6. The van der Waals surface area contributed by atoms with Crippen molar-refractivity contribution in [3.63, 3.8) is 0 Å². The molecule has 0 aromatic rings. The molecule has 1 fully saturated rings. The summed E-state index contributed by atoms with van der Waals surface area (Å²) in [5, 5.41) is 13.0. The van der Waals surface area contributed by atoms with Gasteiger partial charge in [0.05, 0.1) is 0 Å². The zero-order valence-electron chi connectivity index (χ0n) is 11.6. The molecule has 0 radical (unpaired) electrons. The molecule has 0 amide bonds. The summed E-state index contributed by atoms with van der Waals surface area (Å²) in [4.78, 5) is 11.6. The van der Waals surface area contributed by atoms with Gasteiger partial charge in [-0.1, -0.05) is 27.7 Å². The SMILES string of the molecule is CCC(NC1(C(=O)O)CCC(C)CC1)C(C)C. The maximum Gasteiger partial charge on any atom is 0.323 e. The highest BCUT2D eigenvalue weighted by atomic mass is 16.4. The fourth-order valence-electron chi connectivity index (χ4n) is 2.77. The molecule has 0 spiro atoms. The molecule has 0 bridgehead atoms. The van der Waals surface area contributed by atoms with Gasteiger partial charge in [0, 0.05) is 6.04 Å². The Kier molecular flexibility index (Phi) is 4.99. The summed E-state index contributed by atoms with van der Waals surface area (Å²) in [6, 6.07) is 0.305. The molecule has 1 aliphatic carbocycles. The largest absolute Gasteiger partial charge is 0.480 e. The lowest BCUT2D eigenvalue weighted by molar-refractivity contribution is -0.147. The Morgan fingerprint density at radius 2 is 1.94 bits per heavy atom. The van der Waals surface area contributed by atoms with Crippen molar-refractivity contribution < 1.29 is 9.90 Å². The Bertz CT molecular complexity index is 255. The van der Waals surface area contributed by atoms with E-state index in [2.05, 4.69) is 33.0 Å². The van der Waals surface area contributed by atoms with Gasteiger partial charge in [0.15, 0.2) is 0 Å². The van der Waals surface area contributed by atoms with E-state index in [1.807, 2.05) is 0 Å². The third-order valence-electron chi connectivity index (χ3n) is 4.24. The first-order valence-corrected chi connectivity index (χ1v) is 6.92. The second kappa shape index (κ2) is 5.85. The third kappa shape index (κ3) is 3.44. The molecule has 1 saturated carbocycles. The second-order valence-corrected chi connectivity index (χ2v) is 5.97. The molecule has 1 rings (SSSR count). The number of hydrogen-bond donors (Lipinski definition) is 2. The van der Waals surface area contributed by atoms with Gasteiger partial charge in [-0.15, -0.1) is 0 Å². The van der Waals surface area contributed by atoms with E-state index in [-0.39, 0.29) is 0 Å². The first-order chi connectivity index (χ1) is 7.91. The number of carboxylic acid groups (broad SMARTS) is 1. The lowest BCUT2D eigenvalue weighted by Crippen LogP contribution is -2.58. The Balaban J connectivity index is 2.75. The summed E-state index contributed by atoms with van der Waals surface area (Å²) in [7, 11) is 0. The zero-order chi connectivity index (χ0) is 13.1. The van der Waals surface area contributed by atoms with Gasteiger partial charge >= 0.3 is 5.97 Å². The van der Waals surface area contributed by atoms with Crippen LogP contribution in [0.15, 0.2) is 0 Å². The number of carbonyl (C=O) groups is 1. The first-order valence-electron chi connectivity index (χ1n) is 6.92. The molecule has 17 heavy (non-hydrogen) atoms. The smallest absolute Gasteiger partial charge is 0.323 e. The van der Waals surface area contributed by atoms with Gasteiger partial charge in [0.1, 0.15) is 5.54 Å². The molecule has 2 N–H and O–H groups in total. The monoisotopic (exact) mass is 241 g/mol. The predicted molar refractivity (Wildman–Crippen MR) is 70.1 cm³/mol. The zero-order valence-corrected chi connectivity index (χ0v) is 11.6. The number of carboxylic acids is 1. The molecule has 0 aromatic carbocycles. The first kappa shape index (κ1) is 14.5. The van der Waals surface area contributed by atoms with Crippen molar-refractivity contribution in [1.29, 1.82) is 0 Å². The van der Waals surface area contributed by atoms with Crippen LogP contribution in [0.4, 0.5) is 0 Å². The summed E-state index contributed by atoms with van der Waals surface area (Å²) < 4.78 is 0. The summed E-state index contributed by atoms with van der Waals surface area (Å²) >= 11 is 0. The van der Waals surface area contributed by atoms with E-state index in [1.165, 1.54) is 0 Å². The van der Waals surface area contributed by atoms with Crippen molar-refractivity contribution in [2.75, 3.05) is 0 Å². The molecular formula is C14H27NO2. The van der Waals surface area contributed by atoms with Gasteiger partial charge in [0.25, 0.3) is 0 Å². The van der Waals surface area contributed by atoms with Crippen LogP contribution in [-0.4, -0.2) is 22.7 Å². The van der Waals surface area contributed by atoms with Crippen LogP contribution < -0.4 is 5.32 Å². The van der Waals surface area contributed by atoms with Crippen LogP contribution in [0, 0.1) is 11.8 Å². The number of aliphatic carboxylic acids is 1. The quantitative estimate of drug-likeness (QED) is 0.778. The summed E-state index contributed by atoms with van der Waals surface area (Å²) in [6.45, 7) is 8.65. The van der Waals surface area contributed by atoms with E-state index in [1.54, 1.807) is 0 Å². The van der Waals surface area contributed by atoms with Crippen LogP contribution in [-0.2, 0) is 4.79 Å². The van der Waals surface area contributed by atoms with Gasteiger partial charge in [-0.2, -0.15) is 0 Å². The minimum Gasteiger partial charge on any atom is -0.480 e. The molecule has 0 aromatic heterocycles. The Labute approximate surface area is 105 Å². The fourth-order valence-corrected chi connectivity index (χ4v) is 2.77. The van der Waals surface area contributed by atoms with Crippen molar-refractivity contribution in [3.05, 3.63) is 0 Å². The van der Waals surface area contributed by atoms with Gasteiger partial charge in [-0.25, -0.2) is 0 Å². The number of rotatable bonds is 5. The van der Waals surface area contributed by atoms with E-state index < -0.39 is 11.5 Å². The van der Waals surface area contributed by atoms with E-state index in [0.29, 0.717) is 17.9 Å². The Hall–Kier alpha value is -0.570. The van der Waals surface area contributed by atoms with E-state index >= 15 is 0 Å². The van der Waals surface area contributed by atoms with Crippen LogP contribution in [0.25, 0.3) is 0 Å². The Morgan fingerprint density at radius 3 is 2.29 bits per heavy atom. The number of nitrogens with one attached hydrogen (secondary N) is 1. The summed E-state index contributed by atoms with van der Waals surface area (Å²) in [5.41, 5.74) is -0.669. The lowest BCUT2D eigenvalue weighted by Gasteiger charge is -2.40. The van der Waals surface area contributed by atoms with Crippen molar-refractivity contribution in [3.8, 4) is 0 Å². The van der Waals surface area contributed by atoms with Crippen molar-refractivity contribution >= 4 is 5.97 Å². The van der Waals surface area contributed by atoms with Crippen molar-refractivity contribution in [1.82, 2.24) is 5.32 Å². The molecule has 0 aliphatic heterocycles. The average Bonchev–Trinajstić information content (AvgIpc) is 2.28. The normalized spacial score (nSPS) is 31.5. The highest BCUT2D eigenvalue weighted by Gasteiger charge is 2.42. The number of hydrogen-bond acceptors (Lipinski definition) is 2. The van der Waals surface area contributed by atoms with Gasteiger partial charge < -0.3 is 5.11 Å². The molecule has 0 saturated heterocycles. The minimum absolute atomic E-state index is 0.305. The molecule has 1 atom stereocenters. The molecule has 0 heterocycles. The lowest BCUT2D eigenvalue weighted by atomic mass is 9.76. The van der Waals surface area contributed by atoms with E-state index in [9.17, 15) is 9.90 Å². The van der Waals surface area contributed by atoms with Crippen LogP contribution in [0.5, 0.6) is 0 Å². The van der Waals surface area contributed by atoms with Gasteiger partial charge in [0.2, 0.25) is 0 Å². The molecular weight excluding hydrogens is 214 g/mol. The highest BCUT2D eigenvalue weighted by molar-refractivity contribution is 5.79. The third-order valence-corrected chi connectivity index (χ3v) is 4.24. The second-order valence-electron chi connectivity index (χ2n) is 5.97. The van der Waals surface area contributed by atoms with Crippen molar-refractivity contribution in [2.24, 2.45) is 11.8 Å². The minimum atomic E-state index is -0.669. The van der Waals surface area contributed by atoms with E-state index in [0.717, 1.165) is 32.1 Å². The van der Waals surface area contributed by atoms with Crippen LogP contribution in [0.1, 0.15) is 59.8 Å². The fraction of sp³-hybridized carbons (Fsp3) is 0.929. The predicted octanol–water partition coefficient (Wildman–Crippen LogP) is 3.04. The topological polar surface area (TPSA) is 49.3 Å². The molecule has 3 nitrogen and oxygen atoms in total. The summed E-state index contributed by atoms with van der Waals surface area (Å²) in [5.74, 6) is 0.488. The molecule has 3 heteroatoms. The average molecular weight is 241 g/mol. The van der Waals surface area contributed by atoms with E-state index in [4.69, 9.17) is 0 Å². The maximum atomic E-state index is 11.6. The Morgan fingerprint density at radius 1 is 1.41 bits per heavy atom. The van der Waals surface area contributed by atoms with Crippen LogP contribution in [0.3, 0.4) is 0 Å². The highest BCUT2D eigenvalue weighted by Crippen LogP contribution is 2.33. The molecule has 1 aliphatic rings.